The molecule has 1 N–H and O–H groups in total. The summed E-state index contributed by atoms with van der Waals surface area (Å²) in [5.41, 5.74) is 3.29. The molecule has 1 aromatic rings. The molecule has 0 bridgehead atoms. The number of hydrogen-bond acceptors (Lipinski definition) is 5. The summed E-state index contributed by atoms with van der Waals surface area (Å²) in [7, 11) is 1.89. The summed E-state index contributed by atoms with van der Waals surface area (Å²) in [4.78, 5) is 4.13. The highest BCUT2D eigenvalue weighted by atomic mass is 16.5. The van der Waals surface area contributed by atoms with E-state index < -0.39 is 0 Å². The first kappa shape index (κ1) is 9.57. The van der Waals surface area contributed by atoms with Gasteiger partial charge in [0.15, 0.2) is 0 Å². The predicted octanol–water partition coefficient (Wildman–Crippen LogP) is -0.848. The van der Waals surface area contributed by atoms with Crippen LogP contribution in [0.3, 0.4) is 0 Å². The summed E-state index contributed by atoms with van der Waals surface area (Å²) in [6.07, 6.45) is 1.57. The quantitative estimate of drug-likeness (QED) is 0.684. The summed E-state index contributed by atoms with van der Waals surface area (Å²) in [5.74, 6) is 0.941. The minimum atomic E-state index is 0.719. The third-order valence-electron chi connectivity index (χ3n) is 2.28. The van der Waals surface area contributed by atoms with Gasteiger partial charge in [-0.1, -0.05) is 0 Å². The molecule has 14 heavy (non-hydrogen) atoms. The van der Waals surface area contributed by atoms with Gasteiger partial charge in [0.2, 0.25) is 0 Å². The lowest BCUT2D eigenvalue weighted by atomic mass is 10.5. The van der Waals surface area contributed by atoms with Crippen molar-refractivity contribution in [2.45, 2.75) is 6.54 Å². The monoisotopic (exact) mass is 197 g/mol. The number of rotatable bonds is 3. The van der Waals surface area contributed by atoms with Crippen molar-refractivity contribution in [2.75, 3.05) is 26.3 Å². The number of ether oxygens (including phenoxy) is 1. The molecule has 0 aliphatic carbocycles. The minimum absolute atomic E-state index is 0.719. The van der Waals surface area contributed by atoms with E-state index in [9.17, 15) is 0 Å². The van der Waals surface area contributed by atoms with Crippen LogP contribution in [0.4, 0.5) is 0 Å². The Morgan fingerprint density at radius 2 is 2.29 bits per heavy atom. The van der Waals surface area contributed by atoms with Gasteiger partial charge in [-0.3, -0.25) is 4.68 Å². The van der Waals surface area contributed by atoms with E-state index >= 15 is 0 Å². The van der Waals surface area contributed by atoms with E-state index in [0.717, 1.165) is 38.7 Å². The Kier molecular flexibility index (Phi) is 3.07. The fourth-order valence-electron chi connectivity index (χ4n) is 1.38. The predicted molar refractivity (Wildman–Crippen MR) is 50.2 cm³/mol. The van der Waals surface area contributed by atoms with Gasteiger partial charge in [0.1, 0.15) is 12.2 Å². The molecule has 1 aliphatic heterocycles. The summed E-state index contributed by atoms with van der Waals surface area (Å²) >= 11 is 0. The van der Waals surface area contributed by atoms with E-state index in [0.29, 0.717) is 0 Å². The third kappa shape index (κ3) is 2.28. The Morgan fingerprint density at radius 1 is 1.50 bits per heavy atom. The topological polar surface area (TPSA) is 55.2 Å². The highest BCUT2D eigenvalue weighted by Crippen LogP contribution is 1.95. The Balaban J connectivity index is 1.79. The van der Waals surface area contributed by atoms with E-state index in [-0.39, 0.29) is 0 Å². The van der Waals surface area contributed by atoms with Crippen molar-refractivity contribution in [3.8, 4) is 0 Å². The van der Waals surface area contributed by atoms with Gasteiger partial charge in [-0.05, 0) is 0 Å². The van der Waals surface area contributed by atoms with Gasteiger partial charge in [0.05, 0.1) is 19.8 Å². The molecule has 0 radical (unpaired) electrons. The fraction of sp³-hybridized carbons (Fsp3) is 0.750. The molecular formula is C8H15N5O. The molecule has 2 heterocycles. The van der Waals surface area contributed by atoms with E-state index in [1.165, 1.54) is 0 Å². The highest BCUT2D eigenvalue weighted by Gasteiger charge is 2.10. The maximum atomic E-state index is 5.25. The van der Waals surface area contributed by atoms with Gasteiger partial charge in [0.25, 0.3) is 0 Å². The first-order chi connectivity index (χ1) is 6.86. The zero-order chi connectivity index (χ0) is 9.80. The van der Waals surface area contributed by atoms with Crippen LogP contribution in [-0.4, -0.2) is 46.1 Å². The lowest BCUT2D eigenvalue weighted by Gasteiger charge is -2.26. The molecule has 6 nitrogen and oxygen atoms in total. The van der Waals surface area contributed by atoms with Crippen LogP contribution in [0, 0.1) is 0 Å². The van der Waals surface area contributed by atoms with Gasteiger partial charge in [-0.2, -0.15) is 5.10 Å². The molecule has 1 aliphatic rings. The molecule has 6 heteroatoms. The van der Waals surface area contributed by atoms with Crippen LogP contribution in [0.25, 0.3) is 0 Å². The van der Waals surface area contributed by atoms with Crippen LogP contribution in [0.1, 0.15) is 5.82 Å². The molecule has 0 saturated carbocycles. The molecule has 0 amide bonds. The van der Waals surface area contributed by atoms with Crippen LogP contribution in [0.2, 0.25) is 0 Å². The minimum Gasteiger partial charge on any atom is -0.379 e. The van der Waals surface area contributed by atoms with E-state index in [1.54, 1.807) is 11.0 Å². The van der Waals surface area contributed by atoms with Crippen molar-refractivity contribution >= 4 is 0 Å². The van der Waals surface area contributed by atoms with Crippen LogP contribution in [0.15, 0.2) is 6.33 Å². The normalized spacial score (nSPS) is 18.6. The van der Waals surface area contributed by atoms with Crippen molar-refractivity contribution in [3.63, 3.8) is 0 Å². The van der Waals surface area contributed by atoms with Crippen LogP contribution in [-0.2, 0) is 18.3 Å². The smallest absolute Gasteiger partial charge is 0.141 e. The van der Waals surface area contributed by atoms with Crippen LogP contribution < -0.4 is 5.43 Å². The zero-order valence-electron chi connectivity index (χ0n) is 8.31. The molecule has 2 rings (SSSR count). The summed E-state index contributed by atoms with van der Waals surface area (Å²) in [5, 5.41) is 6.15. The maximum Gasteiger partial charge on any atom is 0.141 e. The van der Waals surface area contributed by atoms with E-state index in [4.69, 9.17) is 4.74 Å². The van der Waals surface area contributed by atoms with Crippen molar-refractivity contribution in [1.29, 1.82) is 0 Å². The number of morpholine rings is 1. The summed E-state index contributed by atoms with van der Waals surface area (Å²) in [6, 6.07) is 0. The fourth-order valence-corrected chi connectivity index (χ4v) is 1.38. The number of aryl methyl sites for hydroxylation is 1. The second-order valence-corrected chi connectivity index (χ2v) is 3.23. The van der Waals surface area contributed by atoms with E-state index in [1.807, 2.05) is 7.05 Å². The second kappa shape index (κ2) is 4.50. The van der Waals surface area contributed by atoms with Gasteiger partial charge >= 0.3 is 0 Å². The standard InChI is InChI=1S/C8H15N5O/c1-12-8(9-7-11-12)6-10-13-2-4-14-5-3-13/h7,10H,2-6H2,1H3. The zero-order valence-corrected chi connectivity index (χ0v) is 8.31. The molecule has 1 aromatic heterocycles. The molecule has 0 aromatic carbocycles. The highest BCUT2D eigenvalue weighted by molar-refractivity contribution is 4.81. The van der Waals surface area contributed by atoms with Gasteiger partial charge in [0, 0.05) is 20.1 Å². The molecule has 0 unspecified atom stereocenters. The molecule has 78 valence electrons. The average molecular weight is 197 g/mol. The largest absolute Gasteiger partial charge is 0.379 e. The number of nitrogens with one attached hydrogen (secondary N) is 1. The summed E-state index contributed by atoms with van der Waals surface area (Å²) < 4.78 is 7.02. The second-order valence-electron chi connectivity index (χ2n) is 3.23. The Hall–Kier alpha value is -0.980. The number of hydrogen-bond donors (Lipinski definition) is 1. The lowest BCUT2D eigenvalue weighted by molar-refractivity contribution is 0.00993. The van der Waals surface area contributed by atoms with Crippen LogP contribution in [0.5, 0.6) is 0 Å². The Morgan fingerprint density at radius 3 is 2.93 bits per heavy atom. The number of aromatic nitrogens is 3. The van der Waals surface area contributed by atoms with Crippen molar-refractivity contribution in [2.24, 2.45) is 7.05 Å². The average Bonchev–Trinajstić information content (AvgIpc) is 2.63. The molecule has 1 fully saturated rings. The Labute approximate surface area is 82.8 Å². The molecule has 0 atom stereocenters. The number of nitrogens with zero attached hydrogens (tertiary/aromatic N) is 4. The van der Waals surface area contributed by atoms with Gasteiger partial charge in [-0.15, -0.1) is 0 Å². The van der Waals surface area contributed by atoms with Crippen molar-refractivity contribution in [3.05, 3.63) is 12.2 Å². The van der Waals surface area contributed by atoms with Crippen LogP contribution >= 0.6 is 0 Å². The maximum absolute atomic E-state index is 5.25. The van der Waals surface area contributed by atoms with Gasteiger partial charge in [-0.25, -0.2) is 15.4 Å². The molecule has 1 saturated heterocycles. The first-order valence-electron chi connectivity index (χ1n) is 4.75. The van der Waals surface area contributed by atoms with Crippen molar-refractivity contribution in [1.82, 2.24) is 25.2 Å². The van der Waals surface area contributed by atoms with Crippen molar-refractivity contribution < 1.29 is 4.74 Å². The van der Waals surface area contributed by atoms with E-state index in [2.05, 4.69) is 20.5 Å². The Bertz CT molecular complexity index is 281. The third-order valence-corrected chi connectivity index (χ3v) is 2.28. The number of hydrazine groups is 1. The molecular weight excluding hydrogens is 182 g/mol. The van der Waals surface area contributed by atoms with Gasteiger partial charge < -0.3 is 4.74 Å². The molecule has 0 spiro atoms. The summed E-state index contributed by atoms with van der Waals surface area (Å²) in [6.45, 7) is 4.17. The first-order valence-corrected chi connectivity index (χ1v) is 4.75. The SMILES string of the molecule is Cn1ncnc1CNN1CCOCC1. The lowest BCUT2D eigenvalue weighted by Crippen LogP contribution is -2.45.